The van der Waals surface area contributed by atoms with Crippen LogP contribution in [0.3, 0.4) is 0 Å². The first-order chi connectivity index (χ1) is 7.43. The summed E-state index contributed by atoms with van der Waals surface area (Å²) in [6.45, 7) is 1.91. The summed E-state index contributed by atoms with van der Waals surface area (Å²) in [5.74, 6) is 0. The van der Waals surface area contributed by atoms with E-state index in [2.05, 4.69) is 10.4 Å². The Morgan fingerprint density at radius 1 is 1.75 bits per heavy atom. The smallest absolute Gasteiger partial charge is 0.287 e. The Bertz CT molecular complexity index is 418. The molecular weight excluding hydrogens is 232 g/mol. The number of rotatable bonds is 4. The number of nitrogens with zero attached hydrogens (tertiary/aromatic N) is 2. The number of aryl methyl sites for hydroxylation is 1. The van der Waals surface area contributed by atoms with Gasteiger partial charge >= 0.3 is 0 Å². The summed E-state index contributed by atoms with van der Waals surface area (Å²) in [4.78, 5) is 11.4. The van der Waals surface area contributed by atoms with Gasteiger partial charge in [-0.05, 0) is 6.92 Å². The molecule has 0 saturated heterocycles. The van der Waals surface area contributed by atoms with Gasteiger partial charge in [-0.15, -0.1) is 0 Å². The fourth-order valence-corrected chi connectivity index (χ4v) is 1.27. The molecule has 0 aliphatic heterocycles. The fraction of sp³-hybridized carbons (Fsp3) is 0.556. The number of aliphatic hydroxyl groups is 1. The first kappa shape index (κ1) is 13.0. The molecule has 90 valence electrons. The number of hydrogen-bond donors (Lipinski definition) is 3. The maximum absolute atomic E-state index is 11.4. The first-order valence-corrected chi connectivity index (χ1v) is 5.20. The van der Waals surface area contributed by atoms with Gasteiger partial charge in [-0.25, -0.2) is 4.68 Å². The van der Waals surface area contributed by atoms with Gasteiger partial charge in [-0.2, -0.15) is 5.10 Å². The summed E-state index contributed by atoms with van der Waals surface area (Å²) in [5.41, 5.74) is 5.66. The van der Waals surface area contributed by atoms with Crippen LogP contribution < -0.4 is 16.6 Å². The van der Waals surface area contributed by atoms with Crippen LogP contribution in [-0.2, 0) is 7.05 Å². The quantitative estimate of drug-likeness (QED) is 0.669. The first-order valence-electron chi connectivity index (χ1n) is 4.82. The van der Waals surface area contributed by atoms with Crippen molar-refractivity contribution in [2.75, 3.05) is 11.9 Å². The summed E-state index contributed by atoms with van der Waals surface area (Å²) >= 11 is 5.82. The highest BCUT2D eigenvalue weighted by atomic mass is 35.5. The molecule has 2 atom stereocenters. The lowest BCUT2D eigenvalue weighted by Gasteiger charge is -2.16. The highest BCUT2D eigenvalue weighted by Crippen LogP contribution is 2.14. The second-order valence-corrected chi connectivity index (χ2v) is 3.96. The summed E-state index contributed by atoms with van der Waals surface area (Å²) in [7, 11) is 1.51. The molecule has 1 rings (SSSR count). The van der Waals surface area contributed by atoms with Crippen LogP contribution in [0.25, 0.3) is 0 Å². The number of nitrogens with one attached hydrogen (secondary N) is 1. The molecule has 0 aliphatic rings. The molecule has 4 N–H and O–H groups in total. The van der Waals surface area contributed by atoms with Gasteiger partial charge in [0.2, 0.25) is 0 Å². The molecule has 2 unspecified atom stereocenters. The molecule has 0 saturated carbocycles. The van der Waals surface area contributed by atoms with Crippen LogP contribution in [0.1, 0.15) is 6.92 Å². The molecule has 0 aliphatic carbocycles. The number of aliphatic hydroxyl groups excluding tert-OH is 1. The van der Waals surface area contributed by atoms with Crippen molar-refractivity contribution in [2.45, 2.75) is 19.1 Å². The molecule has 1 aromatic rings. The van der Waals surface area contributed by atoms with Gasteiger partial charge in [0, 0.05) is 19.6 Å². The second-order valence-electron chi connectivity index (χ2n) is 3.59. The van der Waals surface area contributed by atoms with E-state index in [1.165, 1.54) is 13.2 Å². The number of anilines is 1. The third-order valence-electron chi connectivity index (χ3n) is 2.23. The van der Waals surface area contributed by atoms with Crippen LogP contribution >= 0.6 is 11.6 Å². The van der Waals surface area contributed by atoms with Gasteiger partial charge in [-0.1, -0.05) is 11.6 Å². The lowest BCUT2D eigenvalue weighted by atomic mass is 10.2. The third kappa shape index (κ3) is 2.94. The maximum Gasteiger partial charge on any atom is 0.287 e. The number of halogens is 1. The van der Waals surface area contributed by atoms with Crippen LogP contribution in [0.4, 0.5) is 5.69 Å². The van der Waals surface area contributed by atoms with Crippen LogP contribution in [0, 0.1) is 0 Å². The second kappa shape index (κ2) is 5.29. The Balaban J connectivity index is 2.76. The zero-order valence-corrected chi connectivity index (χ0v) is 9.90. The lowest BCUT2D eigenvalue weighted by molar-refractivity contribution is 0.168. The predicted octanol–water partition coefficient (Wildman–Crippen LogP) is -0.446. The summed E-state index contributed by atoms with van der Waals surface area (Å²) in [5, 5.41) is 15.9. The minimum atomic E-state index is -0.634. The number of hydrogen-bond acceptors (Lipinski definition) is 5. The third-order valence-corrected chi connectivity index (χ3v) is 2.59. The maximum atomic E-state index is 11.4. The number of nitrogens with two attached hydrogens (primary N) is 1. The van der Waals surface area contributed by atoms with Gasteiger partial charge in [0.05, 0.1) is 18.0 Å². The topological polar surface area (TPSA) is 93.2 Å². The molecule has 0 amide bonds. The highest BCUT2D eigenvalue weighted by molar-refractivity contribution is 6.32. The zero-order valence-electron chi connectivity index (χ0n) is 9.14. The number of aromatic nitrogens is 2. The van der Waals surface area contributed by atoms with E-state index in [0.717, 1.165) is 4.68 Å². The van der Waals surface area contributed by atoms with Crippen molar-refractivity contribution in [2.24, 2.45) is 12.8 Å². The Labute approximate surface area is 98.0 Å². The Hall–Kier alpha value is -1.11. The molecule has 1 aromatic heterocycles. The van der Waals surface area contributed by atoms with E-state index < -0.39 is 12.1 Å². The summed E-state index contributed by atoms with van der Waals surface area (Å²) in [6.07, 6.45) is 0.809. The molecule has 1 heterocycles. The van der Waals surface area contributed by atoms with Crippen molar-refractivity contribution >= 4 is 17.3 Å². The van der Waals surface area contributed by atoms with Crippen LogP contribution in [-0.4, -0.2) is 33.6 Å². The fourth-order valence-electron chi connectivity index (χ4n) is 1.03. The average Bonchev–Trinajstić information content (AvgIpc) is 2.24. The highest BCUT2D eigenvalue weighted by Gasteiger charge is 2.11. The largest absolute Gasteiger partial charge is 0.392 e. The van der Waals surface area contributed by atoms with Gasteiger partial charge in [0.1, 0.15) is 5.02 Å². The van der Waals surface area contributed by atoms with Crippen molar-refractivity contribution in [1.29, 1.82) is 0 Å². The molecule has 0 radical (unpaired) electrons. The molecule has 7 heteroatoms. The minimum absolute atomic E-state index is 0.0651. The van der Waals surface area contributed by atoms with Crippen molar-refractivity contribution in [3.05, 3.63) is 21.6 Å². The van der Waals surface area contributed by atoms with Gasteiger partial charge < -0.3 is 16.2 Å². The van der Waals surface area contributed by atoms with E-state index in [4.69, 9.17) is 17.3 Å². The molecule has 0 bridgehead atoms. The van der Waals surface area contributed by atoms with Crippen LogP contribution in [0.2, 0.25) is 5.02 Å². The Kier molecular flexibility index (Phi) is 4.28. The zero-order chi connectivity index (χ0) is 12.3. The molecule has 0 fully saturated rings. The van der Waals surface area contributed by atoms with Crippen LogP contribution in [0.15, 0.2) is 11.0 Å². The van der Waals surface area contributed by atoms with Crippen LogP contribution in [0.5, 0.6) is 0 Å². The Morgan fingerprint density at radius 3 is 2.94 bits per heavy atom. The molecular formula is C9H15ClN4O2. The predicted molar refractivity (Wildman–Crippen MR) is 62.6 cm³/mol. The van der Waals surface area contributed by atoms with Crippen molar-refractivity contribution in [3.63, 3.8) is 0 Å². The van der Waals surface area contributed by atoms with E-state index >= 15 is 0 Å². The van der Waals surface area contributed by atoms with Crippen molar-refractivity contribution < 1.29 is 5.11 Å². The normalized spacial score (nSPS) is 14.6. The van der Waals surface area contributed by atoms with E-state index in [-0.39, 0.29) is 10.6 Å². The molecule has 6 nitrogen and oxygen atoms in total. The average molecular weight is 247 g/mol. The summed E-state index contributed by atoms with van der Waals surface area (Å²) in [6, 6.07) is -0.430. The van der Waals surface area contributed by atoms with E-state index in [0.29, 0.717) is 12.2 Å². The SMILES string of the molecule is CC(O)C(N)CNc1cnn(C)c(=O)c1Cl. The molecule has 16 heavy (non-hydrogen) atoms. The van der Waals surface area contributed by atoms with Crippen molar-refractivity contribution in [1.82, 2.24) is 9.78 Å². The van der Waals surface area contributed by atoms with Gasteiger partial charge in [-0.3, -0.25) is 4.79 Å². The lowest BCUT2D eigenvalue weighted by Crippen LogP contribution is -2.39. The standard InChI is InChI=1S/C9H15ClN4O2/c1-5(15)6(11)3-12-7-4-13-14(2)9(16)8(7)10/h4-6,12,15H,3,11H2,1-2H3. The van der Waals surface area contributed by atoms with E-state index in [1.54, 1.807) is 6.92 Å². The monoisotopic (exact) mass is 246 g/mol. The van der Waals surface area contributed by atoms with E-state index in [1.807, 2.05) is 0 Å². The molecule has 0 aromatic carbocycles. The molecule has 0 spiro atoms. The van der Waals surface area contributed by atoms with Crippen molar-refractivity contribution in [3.8, 4) is 0 Å². The van der Waals surface area contributed by atoms with Gasteiger partial charge in [0.25, 0.3) is 5.56 Å². The van der Waals surface area contributed by atoms with E-state index in [9.17, 15) is 9.90 Å². The van der Waals surface area contributed by atoms with Gasteiger partial charge in [0.15, 0.2) is 0 Å². The summed E-state index contributed by atoms with van der Waals surface area (Å²) < 4.78 is 1.14. The minimum Gasteiger partial charge on any atom is -0.392 e. The Morgan fingerprint density at radius 2 is 2.38 bits per heavy atom.